The van der Waals surface area contributed by atoms with Crippen LogP contribution in [0.4, 0.5) is 0 Å². The summed E-state index contributed by atoms with van der Waals surface area (Å²) < 4.78 is 7.38. The molecule has 1 saturated carbocycles. The Morgan fingerprint density at radius 1 is 1.40 bits per heavy atom. The van der Waals surface area contributed by atoms with Crippen molar-refractivity contribution in [3.8, 4) is 5.75 Å². The Kier molecular flexibility index (Phi) is 4.02. The lowest BCUT2D eigenvalue weighted by Crippen LogP contribution is -2.41. The van der Waals surface area contributed by atoms with E-state index in [1.165, 1.54) is 18.4 Å². The maximum absolute atomic E-state index is 5.28. The number of hydrogen-bond donors (Lipinski definition) is 1. The van der Waals surface area contributed by atoms with Crippen LogP contribution in [0.1, 0.15) is 24.3 Å². The van der Waals surface area contributed by atoms with Gasteiger partial charge in [-0.05, 0) is 36.5 Å². The van der Waals surface area contributed by atoms with E-state index in [4.69, 9.17) is 4.74 Å². The first-order chi connectivity index (χ1) is 9.85. The van der Waals surface area contributed by atoms with Gasteiger partial charge in [0.25, 0.3) is 0 Å². The summed E-state index contributed by atoms with van der Waals surface area (Å²) in [6, 6.07) is 9.09. The molecule has 0 bridgehead atoms. The first-order valence-corrected chi connectivity index (χ1v) is 7.18. The largest absolute Gasteiger partial charge is 0.497 e. The minimum absolute atomic E-state index is 0.648. The van der Waals surface area contributed by atoms with Gasteiger partial charge in [0.05, 0.1) is 13.4 Å². The van der Waals surface area contributed by atoms with Crippen LogP contribution in [-0.4, -0.2) is 29.2 Å². The molecule has 106 valence electrons. The van der Waals surface area contributed by atoms with E-state index in [1.807, 2.05) is 24.8 Å². The lowest BCUT2D eigenvalue weighted by Gasteiger charge is -2.36. The van der Waals surface area contributed by atoms with Gasteiger partial charge >= 0.3 is 0 Å². The standard InChI is InChI=1S/C16H21N3O/c1-20-16-4-2-3-13(11-16)14-9-15(10-14)18-6-8-19-7-5-17-12-19/h2-5,7,11-12,14-15,18H,6,8-10H2,1H3. The average molecular weight is 271 g/mol. The molecule has 1 aliphatic carbocycles. The molecule has 1 aromatic heterocycles. The van der Waals surface area contributed by atoms with Crippen LogP contribution in [0.25, 0.3) is 0 Å². The summed E-state index contributed by atoms with van der Waals surface area (Å²) in [5.41, 5.74) is 1.40. The number of hydrogen-bond acceptors (Lipinski definition) is 3. The van der Waals surface area contributed by atoms with Crippen LogP contribution in [0.5, 0.6) is 5.75 Å². The second-order valence-electron chi connectivity index (χ2n) is 5.40. The molecular weight excluding hydrogens is 250 g/mol. The SMILES string of the molecule is COc1cccc(C2CC(NCCn3ccnc3)C2)c1. The van der Waals surface area contributed by atoms with Gasteiger partial charge in [-0.2, -0.15) is 0 Å². The van der Waals surface area contributed by atoms with Gasteiger partial charge < -0.3 is 14.6 Å². The van der Waals surface area contributed by atoms with Crippen molar-refractivity contribution in [3.05, 3.63) is 48.5 Å². The van der Waals surface area contributed by atoms with E-state index in [2.05, 4.69) is 33.1 Å². The van der Waals surface area contributed by atoms with E-state index in [0.29, 0.717) is 12.0 Å². The number of imidazole rings is 1. The molecule has 0 saturated heterocycles. The van der Waals surface area contributed by atoms with Gasteiger partial charge in [-0.25, -0.2) is 4.98 Å². The highest BCUT2D eigenvalue weighted by molar-refractivity contribution is 5.32. The first-order valence-electron chi connectivity index (χ1n) is 7.18. The summed E-state index contributed by atoms with van der Waals surface area (Å²) in [4.78, 5) is 4.05. The lowest BCUT2D eigenvalue weighted by molar-refractivity contribution is 0.287. The van der Waals surface area contributed by atoms with Crippen molar-refractivity contribution in [3.63, 3.8) is 0 Å². The fourth-order valence-corrected chi connectivity index (χ4v) is 2.77. The number of aromatic nitrogens is 2. The molecule has 0 atom stereocenters. The molecule has 1 fully saturated rings. The summed E-state index contributed by atoms with van der Waals surface area (Å²) in [5, 5.41) is 3.61. The highest BCUT2D eigenvalue weighted by Crippen LogP contribution is 2.37. The van der Waals surface area contributed by atoms with Crippen LogP contribution in [0.15, 0.2) is 43.0 Å². The molecule has 20 heavy (non-hydrogen) atoms. The van der Waals surface area contributed by atoms with E-state index < -0.39 is 0 Å². The van der Waals surface area contributed by atoms with Crippen molar-refractivity contribution in [2.45, 2.75) is 31.3 Å². The maximum atomic E-state index is 5.28. The zero-order valence-electron chi connectivity index (χ0n) is 11.8. The van der Waals surface area contributed by atoms with Crippen molar-refractivity contribution in [1.29, 1.82) is 0 Å². The van der Waals surface area contributed by atoms with Crippen molar-refractivity contribution < 1.29 is 4.74 Å². The van der Waals surface area contributed by atoms with Gasteiger partial charge in [-0.3, -0.25) is 0 Å². The predicted molar refractivity (Wildman–Crippen MR) is 79.0 cm³/mol. The van der Waals surface area contributed by atoms with Gasteiger partial charge in [0.2, 0.25) is 0 Å². The van der Waals surface area contributed by atoms with Crippen LogP contribution in [0.3, 0.4) is 0 Å². The molecule has 1 aliphatic rings. The Balaban J connectivity index is 1.42. The van der Waals surface area contributed by atoms with E-state index in [1.54, 1.807) is 7.11 Å². The lowest BCUT2D eigenvalue weighted by atomic mass is 9.76. The van der Waals surface area contributed by atoms with Gasteiger partial charge in [-0.15, -0.1) is 0 Å². The fourth-order valence-electron chi connectivity index (χ4n) is 2.77. The highest BCUT2D eigenvalue weighted by atomic mass is 16.5. The van der Waals surface area contributed by atoms with Crippen molar-refractivity contribution in [1.82, 2.24) is 14.9 Å². The summed E-state index contributed by atoms with van der Waals surface area (Å²) in [6.45, 7) is 1.99. The minimum Gasteiger partial charge on any atom is -0.497 e. The molecular formula is C16H21N3O. The van der Waals surface area contributed by atoms with E-state index in [9.17, 15) is 0 Å². The molecule has 1 N–H and O–H groups in total. The van der Waals surface area contributed by atoms with Gasteiger partial charge in [0.1, 0.15) is 5.75 Å². The molecule has 0 amide bonds. The van der Waals surface area contributed by atoms with E-state index >= 15 is 0 Å². The number of rotatable bonds is 6. The number of benzene rings is 1. The number of nitrogens with one attached hydrogen (secondary N) is 1. The third-order valence-corrected chi connectivity index (χ3v) is 4.07. The molecule has 4 nitrogen and oxygen atoms in total. The average Bonchev–Trinajstić information content (AvgIpc) is 2.94. The molecule has 1 aromatic carbocycles. The second-order valence-corrected chi connectivity index (χ2v) is 5.40. The number of nitrogens with zero attached hydrogens (tertiary/aromatic N) is 2. The van der Waals surface area contributed by atoms with Crippen LogP contribution >= 0.6 is 0 Å². The van der Waals surface area contributed by atoms with Crippen molar-refractivity contribution >= 4 is 0 Å². The summed E-state index contributed by atoms with van der Waals surface area (Å²) in [6.07, 6.45) is 8.12. The summed E-state index contributed by atoms with van der Waals surface area (Å²) in [5.74, 6) is 1.63. The quantitative estimate of drug-likeness (QED) is 0.877. The van der Waals surface area contributed by atoms with E-state index in [0.717, 1.165) is 18.8 Å². The van der Waals surface area contributed by atoms with Gasteiger partial charge in [0.15, 0.2) is 0 Å². The second kappa shape index (κ2) is 6.09. The molecule has 0 unspecified atom stereocenters. The third-order valence-electron chi connectivity index (χ3n) is 4.07. The van der Waals surface area contributed by atoms with Crippen molar-refractivity contribution in [2.24, 2.45) is 0 Å². The number of methoxy groups -OCH3 is 1. The zero-order chi connectivity index (χ0) is 13.8. The smallest absolute Gasteiger partial charge is 0.119 e. The molecule has 0 radical (unpaired) electrons. The predicted octanol–water partition coefficient (Wildman–Crippen LogP) is 2.43. The maximum Gasteiger partial charge on any atom is 0.119 e. The zero-order valence-corrected chi connectivity index (χ0v) is 11.8. The topological polar surface area (TPSA) is 39.1 Å². The van der Waals surface area contributed by atoms with Crippen molar-refractivity contribution in [2.75, 3.05) is 13.7 Å². The highest BCUT2D eigenvalue weighted by Gasteiger charge is 2.29. The van der Waals surface area contributed by atoms with Crippen LogP contribution in [0.2, 0.25) is 0 Å². The van der Waals surface area contributed by atoms with Gasteiger partial charge in [0, 0.05) is 31.5 Å². The van der Waals surface area contributed by atoms with Crippen LogP contribution in [0, 0.1) is 0 Å². The Morgan fingerprint density at radius 2 is 2.30 bits per heavy atom. The minimum atomic E-state index is 0.648. The monoisotopic (exact) mass is 271 g/mol. The first kappa shape index (κ1) is 13.2. The summed E-state index contributed by atoms with van der Waals surface area (Å²) >= 11 is 0. The number of ether oxygens (including phenoxy) is 1. The molecule has 3 rings (SSSR count). The molecule has 4 heteroatoms. The Morgan fingerprint density at radius 3 is 3.05 bits per heavy atom. The van der Waals surface area contributed by atoms with E-state index in [-0.39, 0.29) is 0 Å². The molecule has 2 aromatic rings. The normalized spacial score (nSPS) is 21.4. The Bertz CT molecular complexity index is 532. The Hall–Kier alpha value is -1.81. The third kappa shape index (κ3) is 3.02. The molecule has 1 heterocycles. The van der Waals surface area contributed by atoms with Crippen LogP contribution in [-0.2, 0) is 6.54 Å². The summed E-state index contributed by atoms with van der Waals surface area (Å²) in [7, 11) is 1.72. The van der Waals surface area contributed by atoms with Gasteiger partial charge in [-0.1, -0.05) is 12.1 Å². The molecule has 0 aliphatic heterocycles. The fraction of sp³-hybridized carbons (Fsp3) is 0.438. The Labute approximate surface area is 119 Å². The molecule has 0 spiro atoms. The van der Waals surface area contributed by atoms with Crippen LogP contribution < -0.4 is 10.1 Å².